The van der Waals surface area contributed by atoms with Gasteiger partial charge in [-0.25, -0.2) is 8.42 Å². The van der Waals surface area contributed by atoms with Crippen molar-refractivity contribution >= 4 is 21.6 Å². The van der Waals surface area contributed by atoms with Crippen molar-refractivity contribution < 1.29 is 17.9 Å². The molecule has 0 aliphatic heterocycles. The maximum Gasteiger partial charge on any atom is 0.256 e. The summed E-state index contributed by atoms with van der Waals surface area (Å²) < 4.78 is 29.8. The quantitative estimate of drug-likeness (QED) is 0.785. The van der Waals surface area contributed by atoms with Gasteiger partial charge >= 0.3 is 0 Å². The van der Waals surface area contributed by atoms with Crippen LogP contribution in [0.4, 0.5) is 5.82 Å². The van der Waals surface area contributed by atoms with E-state index in [0.29, 0.717) is 23.7 Å². The van der Waals surface area contributed by atoms with Crippen molar-refractivity contribution in [3.05, 3.63) is 42.1 Å². The summed E-state index contributed by atoms with van der Waals surface area (Å²) in [5.41, 5.74) is 0.488. The average Bonchev–Trinajstić information content (AvgIpc) is 3.01. The Labute approximate surface area is 141 Å². The molecule has 1 aromatic heterocycles. The second-order valence-corrected chi connectivity index (χ2v) is 7.58. The van der Waals surface area contributed by atoms with Gasteiger partial charge in [-0.15, -0.1) is 0 Å². The van der Waals surface area contributed by atoms with Gasteiger partial charge in [0.25, 0.3) is 5.91 Å². The second kappa shape index (κ2) is 7.96. The van der Waals surface area contributed by atoms with E-state index in [1.807, 2.05) is 6.92 Å². The molecule has 1 amide bonds. The fraction of sp³-hybridized carbons (Fsp3) is 0.375. The van der Waals surface area contributed by atoms with Crippen molar-refractivity contribution in [1.82, 2.24) is 9.78 Å². The molecule has 0 saturated heterocycles. The van der Waals surface area contributed by atoms with Gasteiger partial charge in [0.2, 0.25) is 0 Å². The first-order valence-electron chi connectivity index (χ1n) is 7.71. The van der Waals surface area contributed by atoms with Gasteiger partial charge in [-0.3, -0.25) is 9.48 Å². The largest absolute Gasteiger partial charge is 0.494 e. The highest BCUT2D eigenvalue weighted by atomic mass is 32.2. The van der Waals surface area contributed by atoms with Crippen molar-refractivity contribution in [2.75, 3.05) is 23.4 Å². The highest BCUT2D eigenvalue weighted by Gasteiger charge is 2.10. The second-order valence-electron chi connectivity index (χ2n) is 5.11. The minimum atomic E-state index is -3.04. The van der Waals surface area contributed by atoms with Crippen LogP contribution in [-0.4, -0.2) is 42.2 Å². The molecular weight excluding hydrogens is 330 g/mol. The molecule has 0 aliphatic rings. The maximum atomic E-state index is 12.2. The van der Waals surface area contributed by atoms with Crippen LogP contribution in [0.15, 0.2) is 36.5 Å². The first-order chi connectivity index (χ1) is 11.4. The lowest BCUT2D eigenvalue weighted by molar-refractivity contribution is 0.102. The monoisotopic (exact) mass is 351 g/mol. The van der Waals surface area contributed by atoms with Crippen LogP contribution in [0, 0.1) is 0 Å². The summed E-state index contributed by atoms with van der Waals surface area (Å²) in [4.78, 5) is 12.2. The Bertz CT molecular complexity index is 782. The van der Waals surface area contributed by atoms with E-state index in [1.54, 1.807) is 43.5 Å². The number of carbonyl (C=O) groups excluding carboxylic acids is 1. The van der Waals surface area contributed by atoms with Gasteiger partial charge < -0.3 is 10.1 Å². The highest BCUT2D eigenvalue weighted by molar-refractivity contribution is 7.91. The topological polar surface area (TPSA) is 90.3 Å². The summed E-state index contributed by atoms with van der Waals surface area (Å²) in [6.45, 7) is 4.33. The molecule has 0 radical (unpaired) electrons. The lowest BCUT2D eigenvalue weighted by atomic mass is 10.2. The predicted molar refractivity (Wildman–Crippen MR) is 92.1 cm³/mol. The summed E-state index contributed by atoms with van der Waals surface area (Å²) in [6, 6.07) is 8.43. The van der Waals surface area contributed by atoms with Crippen molar-refractivity contribution in [2.45, 2.75) is 20.4 Å². The molecule has 0 unspecified atom stereocenters. The number of aryl methyl sites for hydroxylation is 1. The number of carbonyl (C=O) groups is 1. The van der Waals surface area contributed by atoms with Gasteiger partial charge in [0, 0.05) is 23.6 Å². The number of ether oxygens (including phenoxy) is 1. The molecule has 0 saturated carbocycles. The third kappa shape index (κ3) is 5.09. The summed E-state index contributed by atoms with van der Waals surface area (Å²) in [5, 5.41) is 6.84. The molecule has 1 N–H and O–H groups in total. The van der Waals surface area contributed by atoms with E-state index >= 15 is 0 Å². The number of rotatable bonds is 8. The zero-order valence-corrected chi connectivity index (χ0v) is 14.5. The maximum absolute atomic E-state index is 12.2. The van der Waals surface area contributed by atoms with Crippen LogP contribution in [0.2, 0.25) is 0 Å². The number of benzene rings is 1. The molecule has 0 spiro atoms. The normalized spacial score (nSPS) is 11.2. The van der Waals surface area contributed by atoms with Crippen molar-refractivity contribution in [3.8, 4) is 5.75 Å². The van der Waals surface area contributed by atoms with E-state index in [9.17, 15) is 13.2 Å². The summed E-state index contributed by atoms with van der Waals surface area (Å²) in [5.74, 6) is 0.926. The number of anilines is 1. The van der Waals surface area contributed by atoms with Gasteiger partial charge in [0.15, 0.2) is 15.7 Å². The summed E-state index contributed by atoms with van der Waals surface area (Å²) in [6.07, 6.45) is 1.64. The Morgan fingerprint density at radius 1 is 1.21 bits per heavy atom. The van der Waals surface area contributed by atoms with E-state index < -0.39 is 9.84 Å². The zero-order valence-electron chi connectivity index (χ0n) is 13.7. The Kier molecular flexibility index (Phi) is 5.97. The Morgan fingerprint density at radius 3 is 2.54 bits per heavy atom. The molecule has 7 nitrogen and oxygen atoms in total. The number of nitrogens with one attached hydrogen (secondary N) is 1. The number of hydrogen-bond donors (Lipinski definition) is 1. The number of hydrogen-bond acceptors (Lipinski definition) is 5. The highest BCUT2D eigenvalue weighted by Crippen LogP contribution is 2.13. The molecule has 1 aromatic carbocycles. The van der Waals surface area contributed by atoms with E-state index in [0.717, 1.165) is 0 Å². The molecule has 24 heavy (non-hydrogen) atoms. The van der Waals surface area contributed by atoms with Gasteiger partial charge in [0.05, 0.1) is 18.9 Å². The number of aromatic nitrogens is 2. The van der Waals surface area contributed by atoms with Crippen LogP contribution >= 0.6 is 0 Å². The Hall–Kier alpha value is -2.35. The van der Waals surface area contributed by atoms with Crippen LogP contribution in [-0.2, 0) is 16.4 Å². The molecule has 0 atom stereocenters. The summed E-state index contributed by atoms with van der Waals surface area (Å²) in [7, 11) is -3.04. The molecule has 2 rings (SSSR count). The van der Waals surface area contributed by atoms with E-state index in [2.05, 4.69) is 10.4 Å². The predicted octanol–water partition coefficient (Wildman–Crippen LogP) is 1.97. The number of nitrogens with zero attached hydrogens (tertiary/aromatic N) is 2. The molecule has 0 aliphatic carbocycles. The van der Waals surface area contributed by atoms with Crippen molar-refractivity contribution in [3.63, 3.8) is 0 Å². The molecule has 0 fully saturated rings. The van der Waals surface area contributed by atoms with Crippen LogP contribution in [0.3, 0.4) is 0 Å². The SMILES string of the molecule is CCOc1ccc(C(=O)Nc2ccn(CCS(=O)(=O)CC)n2)cc1. The van der Waals surface area contributed by atoms with Crippen molar-refractivity contribution in [2.24, 2.45) is 0 Å². The van der Waals surface area contributed by atoms with Crippen LogP contribution in [0.1, 0.15) is 24.2 Å². The van der Waals surface area contributed by atoms with Crippen LogP contribution in [0.5, 0.6) is 5.75 Å². The van der Waals surface area contributed by atoms with E-state index in [4.69, 9.17) is 4.74 Å². The third-order valence-corrected chi connectivity index (χ3v) is 5.07. The van der Waals surface area contributed by atoms with Gasteiger partial charge in [-0.2, -0.15) is 5.10 Å². The summed E-state index contributed by atoms with van der Waals surface area (Å²) >= 11 is 0. The standard InChI is InChI=1S/C16H21N3O4S/c1-3-23-14-7-5-13(6-8-14)16(20)17-15-9-10-19(18-15)11-12-24(21,22)4-2/h5-10H,3-4,11-12H2,1-2H3,(H,17,18,20). The first-order valence-corrected chi connectivity index (χ1v) is 9.53. The minimum Gasteiger partial charge on any atom is -0.494 e. The molecule has 1 heterocycles. The molecule has 130 valence electrons. The van der Waals surface area contributed by atoms with E-state index in [1.165, 1.54) is 4.68 Å². The van der Waals surface area contributed by atoms with Gasteiger partial charge in [-0.05, 0) is 31.2 Å². The first kappa shape index (κ1) is 18.0. The zero-order chi connectivity index (χ0) is 17.6. The molecule has 8 heteroatoms. The molecule has 2 aromatic rings. The lowest BCUT2D eigenvalue weighted by Gasteiger charge is -2.05. The minimum absolute atomic E-state index is 0.0253. The Balaban J connectivity index is 1.95. The number of amides is 1. The third-order valence-electron chi connectivity index (χ3n) is 3.38. The van der Waals surface area contributed by atoms with Crippen molar-refractivity contribution in [1.29, 1.82) is 0 Å². The van der Waals surface area contributed by atoms with Crippen LogP contribution in [0.25, 0.3) is 0 Å². The fourth-order valence-electron chi connectivity index (χ4n) is 1.99. The van der Waals surface area contributed by atoms with Gasteiger partial charge in [-0.1, -0.05) is 6.92 Å². The van der Waals surface area contributed by atoms with Gasteiger partial charge in [0.1, 0.15) is 5.75 Å². The Morgan fingerprint density at radius 2 is 1.92 bits per heavy atom. The van der Waals surface area contributed by atoms with E-state index in [-0.39, 0.29) is 24.0 Å². The fourth-order valence-corrected chi connectivity index (χ4v) is 2.74. The number of sulfone groups is 1. The molecule has 0 bridgehead atoms. The lowest BCUT2D eigenvalue weighted by Crippen LogP contribution is -2.16. The average molecular weight is 351 g/mol. The smallest absolute Gasteiger partial charge is 0.256 e. The van der Waals surface area contributed by atoms with Crippen LogP contribution < -0.4 is 10.1 Å². The molecular formula is C16H21N3O4S.